The zero-order valence-corrected chi connectivity index (χ0v) is 17.1. The first-order valence-electron chi connectivity index (χ1n) is 10.6. The van der Waals surface area contributed by atoms with Crippen LogP contribution in [0.15, 0.2) is 66.9 Å². The summed E-state index contributed by atoms with van der Waals surface area (Å²) in [5.74, 6) is -0.164. The second-order valence-corrected chi connectivity index (χ2v) is 7.21. The van der Waals surface area contributed by atoms with Gasteiger partial charge in [0.15, 0.2) is 0 Å². The van der Waals surface area contributed by atoms with E-state index in [-0.39, 0.29) is 5.91 Å². The molecule has 29 heavy (non-hydrogen) atoms. The number of unbranched alkanes of at least 4 members (excludes halogenated alkanes) is 5. The van der Waals surface area contributed by atoms with Gasteiger partial charge >= 0.3 is 0 Å². The first-order valence-corrected chi connectivity index (χ1v) is 10.6. The van der Waals surface area contributed by atoms with E-state index in [9.17, 15) is 4.79 Å². The molecular weight excluding hydrogens is 358 g/mol. The van der Waals surface area contributed by atoms with Crippen LogP contribution in [0.2, 0.25) is 0 Å². The van der Waals surface area contributed by atoms with Crippen molar-refractivity contribution in [3.05, 3.63) is 72.6 Å². The van der Waals surface area contributed by atoms with Crippen molar-refractivity contribution in [1.29, 1.82) is 0 Å². The molecule has 150 valence electrons. The number of nitrogens with one attached hydrogen (secondary N) is 1. The summed E-state index contributed by atoms with van der Waals surface area (Å²) < 4.78 is 0. The standard InChI is InChI=1S/C25H29N3O/c1-2-3-4-5-6-13-18-26-25(29)22-19-27-23(20-14-9-7-10-15-20)24(28-22)21-16-11-8-12-17-21/h7-12,14-17,19H,2-6,13,18H2,1H3,(H,26,29). The summed E-state index contributed by atoms with van der Waals surface area (Å²) in [6.07, 6.45) is 8.76. The molecule has 1 amide bonds. The van der Waals surface area contributed by atoms with Gasteiger partial charge in [-0.1, -0.05) is 99.7 Å². The van der Waals surface area contributed by atoms with E-state index < -0.39 is 0 Å². The number of carbonyl (C=O) groups excluding carboxylic acids is 1. The molecule has 1 aromatic heterocycles. The third-order valence-electron chi connectivity index (χ3n) is 4.92. The highest BCUT2D eigenvalue weighted by atomic mass is 16.1. The molecule has 0 bridgehead atoms. The van der Waals surface area contributed by atoms with E-state index in [2.05, 4.69) is 22.2 Å². The molecule has 0 aliphatic heterocycles. The van der Waals surface area contributed by atoms with Crippen molar-refractivity contribution in [3.8, 4) is 22.5 Å². The smallest absolute Gasteiger partial charge is 0.271 e. The summed E-state index contributed by atoms with van der Waals surface area (Å²) in [6.45, 7) is 2.89. The van der Waals surface area contributed by atoms with Crippen molar-refractivity contribution in [2.75, 3.05) is 6.54 Å². The van der Waals surface area contributed by atoms with Gasteiger partial charge in [-0.25, -0.2) is 4.98 Å². The van der Waals surface area contributed by atoms with E-state index in [1.165, 1.54) is 25.7 Å². The molecule has 0 radical (unpaired) electrons. The quantitative estimate of drug-likeness (QED) is 0.441. The average Bonchev–Trinajstić information content (AvgIpc) is 2.79. The van der Waals surface area contributed by atoms with Gasteiger partial charge in [0.1, 0.15) is 5.69 Å². The third kappa shape index (κ3) is 5.98. The van der Waals surface area contributed by atoms with E-state index in [0.29, 0.717) is 12.2 Å². The number of nitrogens with zero attached hydrogens (tertiary/aromatic N) is 2. The second-order valence-electron chi connectivity index (χ2n) is 7.21. The number of hydrogen-bond acceptors (Lipinski definition) is 3. The molecule has 0 aliphatic rings. The Morgan fingerprint density at radius 2 is 1.38 bits per heavy atom. The number of rotatable bonds is 10. The lowest BCUT2D eigenvalue weighted by atomic mass is 10.0. The normalized spacial score (nSPS) is 10.7. The van der Waals surface area contributed by atoms with E-state index >= 15 is 0 Å². The Balaban J connectivity index is 1.73. The maximum Gasteiger partial charge on any atom is 0.271 e. The average molecular weight is 388 g/mol. The van der Waals surface area contributed by atoms with Crippen molar-refractivity contribution >= 4 is 5.91 Å². The molecule has 1 N–H and O–H groups in total. The molecule has 0 spiro atoms. The summed E-state index contributed by atoms with van der Waals surface area (Å²) >= 11 is 0. The molecule has 4 heteroatoms. The molecule has 3 rings (SSSR count). The molecule has 3 aromatic rings. The molecule has 0 aliphatic carbocycles. The van der Waals surface area contributed by atoms with Crippen LogP contribution < -0.4 is 5.32 Å². The van der Waals surface area contributed by atoms with Gasteiger partial charge in [0.2, 0.25) is 0 Å². The van der Waals surface area contributed by atoms with Crippen LogP contribution in [0.4, 0.5) is 0 Å². The van der Waals surface area contributed by atoms with Gasteiger partial charge < -0.3 is 5.32 Å². The summed E-state index contributed by atoms with van der Waals surface area (Å²) in [7, 11) is 0. The molecule has 1 heterocycles. The van der Waals surface area contributed by atoms with Crippen molar-refractivity contribution in [1.82, 2.24) is 15.3 Å². The second kappa shape index (κ2) is 11.1. The Bertz CT molecular complexity index is 894. The number of aromatic nitrogens is 2. The van der Waals surface area contributed by atoms with Gasteiger partial charge in [-0.3, -0.25) is 9.78 Å². The van der Waals surface area contributed by atoms with Crippen LogP contribution in [0.5, 0.6) is 0 Å². The molecule has 0 fully saturated rings. The lowest BCUT2D eigenvalue weighted by molar-refractivity contribution is 0.0947. The largest absolute Gasteiger partial charge is 0.351 e. The Labute approximate surface area is 173 Å². The first-order chi connectivity index (χ1) is 14.3. The Kier molecular flexibility index (Phi) is 7.93. The number of amides is 1. The van der Waals surface area contributed by atoms with E-state index in [0.717, 1.165) is 35.4 Å². The van der Waals surface area contributed by atoms with Crippen LogP contribution in [0.25, 0.3) is 22.5 Å². The fraction of sp³-hybridized carbons (Fsp3) is 0.320. The van der Waals surface area contributed by atoms with E-state index in [4.69, 9.17) is 0 Å². The van der Waals surface area contributed by atoms with Crippen LogP contribution in [-0.2, 0) is 0 Å². The maximum atomic E-state index is 12.6. The van der Waals surface area contributed by atoms with Crippen LogP contribution in [0.3, 0.4) is 0 Å². The van der Waals surface area contributed by atoms with Gasteiger partial charge in [-0.2, -0.15) is 0 Å². The molecule has 0 unspecified atom stereocenters. The highest BCUT2D eigenvalue weighted by Gasteiger charge is 2.15. The van der Waals surface area contributed by atoms with Crippen molar-refractivity contribution in [2.24, 2.45) is 0 Å². The number of carbonyl (C=O) groups is 1. The molecular formula is C25H29N3O. The van der Waals surface area contributed by atoms with Crippen LogP contribution in [0.1, 0.15) is 55.9 Å². The molecule has 0 saturated carbocycles. The van der Waals surface area contributed by atoms with E-state index in [1.54, 1.807) is 6.20 Å². The van der Waals surface area contributed by atoms with Crippen molar-refractivity contribution in [2.45, 2.75) is 45.4 Å². The minimum Gasteiger partial charge on any atom is -0.351 e. The van der Waals surface area contributed by atoms with Gasteiger partial charge in [0.05, 0.1) is 17.6 Å². The van der Waals surface area contributed by atoms with Crippen LogP contribution in [0, 0.1) is 0 Å². The Morgan fingerprint density at radius 1 is 0.793 bits per heavy atom. The predicted octanol–water partition coefficient (Wildman–Crippen LogP) is 5.90. The van der Waals surface area contributed by atoms with E-state index in [1.807, 2.05) is 60.7 Å². The van der Waals surface area contributed by atoms with Crippen molar-refractivity contribution in [3.63, 3.8) is 0 Å². The minimum absolute atomic E-state index is 0.164. The summed E-state index contributed by atoms with van der Waals surface area (Å²) in [5.41, 5.74) is 3.80. The third-order valence-corrected chi connectivity index (χ3v) is 4.92. The predicted molar refractivity (Wildman–Crippen MR) is 119 cm³/mol. The fourth-order valence-corrected chi connectivity index (χ4v) is 3.30. The number of benzene rings is 2. The van der Waals surface area contributed by atoms with Crippen LogP contribution >= 0.6 is 0 Å². The van der Waals surface area contributed by atoms with Gasteiger partial charge in [-0.15, -0.1) is 0 Å². The Hall–Kier alpha value is -3.01. The lowest BCUT2D eigenvalue weighted by Gasteiger charge is -2.11. The zero-order chi connectivity index (χ0) is 20.3. The van der Waals surface area contributed by atoms with Crippen LogP contribution in [-0.4, -0.2) is 22.4 Å². The lowest BCUT2D eigenvalue weighted by Crippen LogP contribution is -2.25. The first kappa shape index (κ1) is 20.7. The summed E-state index contributed by atoms with van der Waals surface area (Å²) in [5, 5.41) is 2.99. The molecule has 2 aromatic carbocycles. The monoisotopic (exact) mass is 387 g/mol. The summed E-state index contributed by atoms with van der Waals surface area (Å²) in [4.78, 5) is 21.9. The SMILES string of the molecule is CCCCCCCCNC(=O)c1cnc(-c2ccccc2)c(-c2ccccc2)n1. The highest BCUT2D eigenvalue weighted by Crippen LogP contribution is 2.28. The fourth-order valence-electron chi connectivity index (χ4n) is 3.30. The highest BCUT2D eigenvalue weighted by molar-refractivity contribution is 5.93. The molecule has 0 saturated heterocycles. The Morgan fingerprint density at radius 3 is 2.03 bits per heavy atom. The molecule has 0 atom stereocenters. The summed E-state index contributed by atoms with van der Waals surface area (Å²) in [6, 6.07) is 19.8. The minimum atomic E-state index is -0.164. The van der Waals surface area contributed by atoms with Gasteiger partial charge in [0, 0.05) is 17.7 Å². The number of hydrogen-bond donors (Lipinski definition) is 1. The maximum absolute atomic E-state index is 12.6. The van der Waals surface area contributed by atoms with Gasteiger partial charge in [0.25, 0.3) is 5.91 Å². The van der Waals surface area contributed by atoms with Gasteiger partial charge in [-0.05, 0) is 6.42 Å². The topological polar surface area (TPSA) is 54.9 Å². The molecule has 4 nitrogen and oxygen atoms in total. The van der Waals surface area contributed by atoms with Crippen molar-refractivity contribution < 1.29 is 4.79 Å². The zero-order valence-electron chi connectivity index (χ0n) is 17.1.